The minimum absolute atomic E-state index is 0. The predicted molar refractivity (Wildman–Crippen MR) is 160 cm³/mol. The number of nitrogens with one attached hydrogen (secondary N) is 7. The fraction of sp³-hybridized carbons (Fsp3) is 0.708. The minimum Gasteiger partial charge on any atom is -0.358 e. The molecular weight excluding hydrogens is 498 g/mol. The van der Waals surface area contributed by atoms with Gasteiger partial charge in [0.05, 0.1) is 32.7 Å². The summed E-state index contributed by atoms with van der Waals surface area (Å²) >= 11 is 0. The fourth-order valence-electron chi connectivity index (χ4n) is 1.65. The summed E-state index contributed by atoms with van der Waals surface area (Å²) < 4.78 is 0. The quantitative estimate of drug-likeness (QED) is 0.169. The Morgan fingerprint density at radius 3 is 1.11 bits per heavy atom. The van der Waals surface area contributed by atoms with E-state index in [-0.39, 0.29) is 60.4 Å². The molecule has 38 heavy (non-hydrogen) atoms. The van der Waals surface area contributed by atoms with Crippen LogP contribution in [0.25, 0.3) is 0 Å². The van der Waals surface area contributed by atoms with Crippen LogP contribution in [0.15, 0.2) is 0 Å². The summed E-state index contributed by atoms with van der Waals surface area (Å²) in [4.78, 5) is 77.4. The lowest BCUT2D eigenvalue weighted by Gasteiger charge is -2.08. The van der Waals surface area contributed by atoms with E-state index in [1.807, 2.05) is 27.7 Å². The highest BCUT2D eigenvalue weighted by Crippen LogP contribution is 1.75. The summed E-state index contributed by atoms with van der Waals surface area (Å²) in [5, 5.41) is 16.3. The first-order valence-electron chi connectivity index (χ1n) is 12.7. The third-order valence-corrected chi connectivity index (χ3v) is 3.45. The first-order valence-corrected chi connectivity index (χ1v) is 12.7. The van der Waals surface area contributed by atoms with E-state index in [9.17, 15) is 33.6 Å². The largest absolute Gasteiger partial charge is 0.358 e. The normalized spacial score (nSPS) is 8.63. The zero-order valence-corrected chi connectivity index (χ0v) is 24.2. The van der Waals surface area contributed by atoms with Gasteiger partial charge in [-0.3, -0.25) is 33.6 Å². The van der Waals surface area contributed by atoms with Crippen molar-refractivity contribution < 1.29 is 43.5 Å². The van der Waals surface area contributed by atoms with Crippen molar-refractivity contribution >= 4 is 41.4 Å². The van der Waals surface area contributed by atoms with Gasteiger partial charge in [0.2, 0.25) is 41.4 Å². The van der Waals surface area contributed by atoms with E-state index < -0.39 is 23.6 Å². The number of hydrogen-bond acceptors (Lipinski definition) is 7. The summed E-state index contributed by atoms with van der Waals surface area (Å²) in [5.74, 6) is -2.96. The van der Waals surface area contributed by atoms with Gasteiger partial charge in [-0.05, 0) is 6.42 Å². The van der Waals surface area contributed by atoms with Crippen LogP contribution in [0.3, 0.4) is 0 Å². The molecular formula is C24H63N7O7. The molecule has 0 aromatic carbocycles. The van der Waals surface area contributed by atoms with Gasteiger partial charge in [-0.15, -0.1) is 0 Å². The van der Waals surface area contributed by atoms with E-state index >= 15 is 0 Å². The average Bonchev–Trinajstić information content (AvgIpc) is 2.91. The van der Waals surface area contributed by atoms with Crippen molar-refractivity contribution in [2.45, 2.75) is 67.7 Å². The first-order chi connectivity index (χ1) is 18.0. The van der Waals surface area contributed by atoms with E-state index in [4.69, 9.17) is 0 Å². The lowest BCUT2D eigenvalue weighted by atomic mass is 10.4. The number of rotatable bonds is 13. The molecule has 0 spiro atoms. The molecule has 236 valence electrons. The molecule has 0 bridgehead atoms. The van der Waals surface area contributed by atoms with E-state index in [1.165, 1.54) is 20.4 Å². The lowest BCUT2D eigenvalue weighted by Crippen LogP contribution is -2.46. The van der Waals surface area contributed by atoms with E-state index in [0.717, 1.165) is 13.0 Å². The predicted octanol–water partition coefficient (Wildman–Crippen LogP) is 0.420. The van der Waals surface area contributed by atoms with E-state index in [2.05, 4.69) is 51.1 Å². The Morgan fingerprint density at radius 1 is 0.526 bits per heavy atom. The molecule has 0 fully saturated rings. The molecule has 14 nitrogen and oxygen atoms in total. The monoisotopic (exact) mass is 561 g/mol. The number of carbonyl (C=O) groups excluding carboxylic acids is 7. The van der Waals surface area contributed by atoms with Crippen LogP contribution in [-0.4, -0.2) is 87.7 Å². The Bertz CT molecular complexity index is 730. The summed E-state index contributed by atoms with van der Waals surface area (Å²) in [6.07, 6.45) is 2.87. The van der Waals surface area contributed by atoms with Gasteiger partial charge < -0.3 is 37.2 Å². The van der Waals surface area contributed by atoms with Gasteiger partial charge in [-0.2, -0.15) is 0 Å². The van der Waals surface area contributed by atoms with Crippen LogP contribution in [0.4, 0.5) is 0 Å². The van der Waals surface area contributed by atoms with Crippen molar-refractivity contribution in [1.29, 1.82) is 0 Å². The van der Waals surface area contributed by atoms with Crippen molar-refractivity contribution in [3.63, 3.8) is 0 Å². The Hall–Kier alpha value is -3.71. The molecule has 0 rings (SSSR count). The fourth-order valence-corrected chi connectivity index (χ4v) is 1.65. The van der Waals surface area contributed by atoms with E-state index in [1.54, 1.807) is 0 Å². The Balaban J connectivity index is -0.0000000552. The van der Waals surface area contributed by atoms with E-state index in [0.29, 0.717) is 6.42 Å². The third kappa shape index (κ3) is 36.9. The topological polar surface area (TPSA) is 204 Å². The zero-order valence-electron chi connectivity index (χ0n) is 24.2. The highest BCUT2D eigenvalue weighted by Gasteiger charge is 2.09. The van der Waals surface area contributed by atoms with Crippen LogP contribution < -0.4 is 37.2 Å². The van der Waals surface area contributed by atoms with Gasteiger partial charge in [0.25, 0.3) is 0 Å². The highest BCUT2D eigenvalue weighted by atomic mass is 16.2. The van der Waals surface area contributed by atoms with Crippen LogP contribution >= 0.6 is 0 Å². The Kier molecular flexibility index (Phi) is 34.1. The van der Waals surface area contributed by atoms with Crippen molar-refractivity contribution in [2.75, 3.05) is 46.3 Å². The molecule has 0 aliphatic heterocycles. The average molecular weight is 562 g/mol. The summed E-state index contributed by atoms with van der Waals surface area (Å²) in [7, 11) is 1.42. The van der Waals surface area contributed by atoms with Gasteiger partial charge in [-0.25, -0.2) is 0 Å². The van der Waals surface area contributed by atoms with Crippen molar-refractivity contribution in [2.24, 2.45) is 0 Å². The molecule has 0 aliphatic carbocycles. The van der Waals surface area contributed by atoms with Crippen molar-refractivity contribution in [1.82, 2.24) is 37.2 Å². The zero-order chi connectivity index (χ0) is 30.4. The van der Waals surface area contributed by atoms with Crippen molar-refractivity contribution in [3.05, 3.63) is 0 Å². The SMILES string of the molecule is CC.CCC.CCCNC(=O)CC.CNC(=O)CNC(=O)CNC(=O)CNC(=O)CNC(=O)CNC(C)=O.[HH].[HH].[HH].[HH].[HH].[HH].[HH]. The molecule has 0 heterocycles. The molecule has 0 atom stereocenters. The second-order valence-electron chi connectivity index (χ2n) is 7.10. The number of carbonyl (C=O) groups is 7. The van der Waals surface area contributed by atoms with Gasteiger partial charge >= 0.3 is 0 Å². The second kappa shape index (κ2) is 31.3. The molecule has 0 aromatic heterocycles. The molecule has 0 unspecified atom stereocenters. The lowest BCUT2D eigenvalue weighted by molar-refractivity contribution is -0.129. The van der Waals surface area contributed by atoms with Crippen LogP contribution in [0.2, 0.25) is 0 Å². The summed E-state index contributed by atoms with van der Waals surface area (Å²) in [5.41, 5.74) is 0. The molecule has 7 amide bonds. The van der Waals surface area contributed by atoms with Crippen molar-refractivity contribution in [3.8, 4) is 0 Å². The number of likely N-dealkylation sites (N-methyl/N-ethyl adjacent to an activating group) is 1. The maximum absolute atomic E-state index is 11.4. The van der Waals surface area contributed by atoms with Crippen LogP contribution in [0.5, 0.6) is 0 Å². The molecule has 7 N–H and O–H groups in total. The first kappa shape index (κ1) is 41.4. The molecule has 0 aliphatic rings. The number of amides is 7. The molecule has 0 aromatic rings. The number of hydrogen-bond donors (Lipinski definition) is 7. The van der Waals surface area contributed by atoms with Crippen LogP contribution in [-0.2, 0) is 33.6 Å². The maximum Gasteiger partial charge on any atom is 0.239 e. The third-order valence-electron chi connectivity index (χ3n) is 3.45. The molecule has 14 heteroatoms. The highest BCUT2D eigenvalue weighted by molar-refractivity contribution is 5.91. The molecule has 0 saturated carbocycles. The second-order valence-corrected chi connectivity index (χ2v) is 7.10. The smallest absolute Gasteiger partial charge is 0.239 e. The maximum atomic E-state index is 11.4. The van der Waals surface area contributed by atoms with Crippen LogP contribution in [0, 0.1) is 0 Å². The standard InChI is InChI=1S/C13H22N6O6.C6H13NO.C3H8.C2H6.7H2/c1-8(20)15-4-10(22)17-6-12(24)19-7-13(25)18-5-11(23)16-3-9(21)14-2;1-3-5-7-6(8)4-2;1-3-2;1-2;;;;;;;/h3-7H2,1-2H3,(H,14,21)(H,15,20)(H,16,23)(H,17,22)(H,18,25)(H,19,24);3-5H2,1-2H3,(H,7,8);3H2,1-2H3;1-2H3;7*1H. The van der Waals surface area contributed by atoms with Gasteiger partial charge in [-0.1, -0.05) is 48.0 Å². The van der Waals surface area contributed by atoms with Gasteiger partial charge in [0.15, 0.2) is 0 Å². The Morgan fingerprint density at radius 2 is 0.842 bits per heavy atom. The Labute approximate surface area is 237 Å². The summed E-state index contributed by atoms with van der Waals surface area (Å²) in [6, 6.07) is 0. The molecule has 0 radical (unpaired) electrons. The van der Waals surface area contributed by atoms with Gasteiger partial charge in [0, 0.05) is 36.9 Å². The van der Waals surface area contributed by atoms with Gasteiger partial charge in [0.1, 0.15) is 0 Å². The minimum atomic E-state index is -0.618. The summed E-state index contributed by atoms with van der Waals surface area (Å²) in [6.45, 7) is 12.6. The molecule has 0 saturated heterocycles. The van der Waals surface area contributed by atoms with Crippen LogP contribution in [0.1, 0.15) is 77.7 Å².